The number of nitrogen functional groups attached to an aromatic ring is 1. The van der Waals surface area contributed by atoms with Gasteiger partial charge in [-0.05, 0) is 57.9 Å². The van der Waals surface area contributed by atoms with Gasteiger partial charge in [-0.1, -0.05) is 9.89 Å². The van der Waals surface area contributed by atoms with E-state index >= 15 is 0 Å². The van der Waals surface area contributed by atoms with Crippen molar-refractivity contribution in [3.05, 3.63) is 22.2 Å². The molecular weight excluding hydrogens is 340 g/mol. The van der Waals surface area contributed by atoms with E-state index in [1.807, 2.05) is 19.9 Å². The maximum absolute atomic E-state index is 5.72. The van der Waals surface area contributed by atoms with Gasteiger partial charge in [-0.15, -0.1) is 0 Å². The molecule has 0 radical (unpaired) electrons. The summed E-state index contributed by atoms with van der Waals surface area (Å²) in [6, 6.07) is 3.65. The van der Waals surface area contributed by atoms with Crippen LogP contribution in [0.15, 0.2) is 21.7 Å². The number of hydrogen-bond donors (Lipinski definition) is 1. The minimum absolute atomic E-state index is 0.0377. The maximum Gasteiger partial charge on any atom is 0.263 e. The molecule has 0 saturated carbocycles. The molecule has 0 bridgehead atoms. The summed E-state index contributed by atoms with van der Waals surface area (Å²) >= 11 is 3.46. The number of halogens is 1. The predicted molar refractivity (Wildman–Crippen MR) is 81.7 cm³/mol. The molecule has 1 heterocycles. The molecule has 1 aromatic carbocycles. The molecule has 0 atom stereocenters. The first kappa shape index (κ1) is 15.2. The normalized spacial score (nSPS) is 11.3. The summed E-state index contributed by atoms with van der Waals surface area (Å²) in [6.45, 7) is 3.89. The standard InChI is InChI=1S/C12H15BrN6O2/c1-7(2)21-11-9(13)4-8(5-10(11)20-3)6-15-19-12(14)16-17-18-19/h4-7H,1-3H3,(H2,14,16,18)/b15-6-. The van der Waals surface area contributed by atoms with Gasteiger partial charge < -0.3 is 15.2 Å². The third kappa shape index (κ3) is 3.69. The lowest BCUT2D eigenvalue weighted by Gasteiger charge is -2.15. The van der Waals surface area contributed by atoms with Crippen LogP contribution < -0.4 is 15.2 Å². The molecule has 0 unspecified atom stereocenters. The molecule has 0 amide bonds. The van der Waals surface area contributed by atoms with E-state index in [0.29, 0.717) is 11.5 Å². The predicted octanol–water partition coefficient (Wildman–Crippen LogP) is 1.70. The number of ether oxygens (including phenoxy) is 2. The SMILES string of the molecule is COc1cc(/C=N\n2nnnc2N)cc(Br)c1OC(C)C. The molecule has 0 saturated heterocycles. The molecule has 2 rings (SSSR count). The van der Waals surface area contributed by atoms with Crippen molar-refractivity contribution in [2.45, 2.75) is 20.0 Å². The molecule has 0 spiro atoms. The second-order valence-electron chi connectivity index (χ2n) is 4.37. The maximum atomic E-state index is 5.72. The van der Waals surface area contributed by atoms with Crippen LogP contribution in [0.5, 0.6) is 11.5 Å². The quantitative estimate of drug-likeness (QED) is 0.820. The Hall–Kier alpha value is -2.16. The molecule has 21 heavy (non-hydrogen) atoms. The Balaban J connectivity index is 2.32. The zero-order valence-electron chi connectivity index (χ0n) is 11.8. The van der Waals surface area contributed by atoms with E-state index in [9.17, 15) is 0 Å². The first-order valence-corrected chi connectivity index (χ1v) is 6.93. The number of nitrogens with zero attached hydrogens (tertiary/aromatic N) is 5. The van der Waals surface area contributed by atoms with Gasteiger partial charge in [0.05, 0.1) is 23.9 Å². The zero-order valence-corrected chi connectivity index (χ0v) is 13.4. The number of nitrogens with two attached hydrogens (primary N) is 1. The van der Waals surface area contributed by atoms with Crippen molar-refractivity contribution in [1.29, 1.82) is 0 Å². The number of methoxy groups -OCH3 is 1. The zero-order chi connectivity index (χ0) is 15.4. The Labute approximate surface area is 130 Å². The summed E-state index contributed by atoms with van der Waals surface area (Å²) in [5, 5.41) is 14.6. The van der Waals surface area contributed by atoms with Crippen LogP contribution in [0, 0.1) is 0 Å². The van der Waals surface area contributed by atoms with Crippen molar-refractivity contribution >= 4 is 28.1 Å². The van der Waals surface area contributed by atoms with E-state index in [1.165, 1.54) is 0 Å². The van der Waals surface area contributed by atoms with E-state index in [4.69, 9.17) is 15.2 Å². The average Bonchev–Trinajstić information content (AvgIpc) is 2.84. The van der Waals surface area contributed by atoms with Crippen LogP contribution >= 0.6 is 15.9 Å². The first-order chi connectivity index (χ1) is 10.0. The molecule has 8 nitrogen and oxygen atoms in total. The summed E-state index contributed by atoms with van der Waals surface area (Å²) in [5.41, 5.74) is 6.31. The van der Waals surface area contributed by atoms with E-state index in [-0.39, 0.29) is 12.1 Å². The summed E-state index contributed by atoms with van der Waals surface area (Å²) in [6.07, 6.45) is 1.61. The number of benzene rings is 1. The first-order valence-electron chi connectivity index (χ1n) is 6.13. The topological polar surface area (TPSA) is 100 Å². The van der Waals surface area contributed by atoms with Crippen molar-refractivity contribution in [1.82, 2.24) is 20.3 Å². The molecule has 112 valence electrons. The molecule has 9 heteroatoms. The monoisotopic (exact) mass is 354 g/mol. The molecule has 0 aliphatic carbocycles. The van der Waals surface area contributed by atoms with Gasteiger partial charge in [0.15, 0.2) is 11.5 Å². The Morgan fingerprint density at radius 3 is 2.76 bits per heavy atom. The molecule has 0 aliphatic rings. The van der Waals surface area contributed by atoms with Crippen LogP contribution in [-0.4, -0.2) is 39.7 Å². The second kappa shape index (κ2) is 6.53. The van der Waals surface area contributed by atoms with Crippen LogP contribution in [0.1, 0.15) is 19.4 Å². The van der Waals surface area contributed by atoms with Crippen LogP contribution in [0.4, 0.5) is 5.95 Å². The fourth-order valence-electron chi connectivity index (χ4n) is 1.56. The van der Waals surface area contributed by atoms with Crippen molar-refractivity contribution in [3.63, 3.8) is 0 Å². The highest BCUT2D eigenvalue weighted by Crippen LogP contribution is 2.36. The lowest BCUT2D eigenvalue weighted by molar-refractivity contribution is 0.228. The van der Waals surface area contributed by atoms with Crippen molar-refractivity contribution < 1.29 is 9.47 Å². The van der Waals surface area contributed by atoms with E-state index in [2.05, 4.69) is 36.6 Å². The van der Waals surface area contributed by atoms with Crippen LogP contribution in [-0.2, 0) is 0 Å². The summed E-state index contributed by atoms with van der Waals surface area (Å²) < 4.78 is 11.8. The van der Waals surface area contributed by atoms with E-state index < -0.39 is 0 Å². The third-order valence-electron chi connectivity index (χ3n) is 2.40. The highest BCUT2D eigenvalue weighted by atomic mass is 79.9. The molecule has 2 aromatic rings. The van der Waals surface area contributed by atoms with Crippen LogP contribution in [0.2, 0.25) is 0 Å². The third-order valence-corrected chi connectivity index (χ3v) is 2.99. The van der Waals surface area contributed by atoms with Crippen molar-refractivity contribution in [2.75, 3.05) is 12.8 Å². The van der Waals surface area contributed by atoms with Crippen LogP contribution in [0.3, 0.4) is 0 Å². The molecule has 2 N–H and O–H groups in total. The fraction of sp³-hybridized carbons (Fsp3) is 0.333. The molecule has 0 fully saturated rings. The van der Waals surface area contributed by atoms with Gasteiger partial charge in [0, 0.05) is 0 Å². The lowest BCUT2D eigenvalue weighted by Crippen LogP contribution is -2.07. The van der Waals surface area contributed by atoms with Gasteiger partial charge >= 0.3 is 0 Å². The molecular formula is C12H15BrN6O2. The number of hydrogen-bond acceptors (Lipinski definition) is 7. The number of tetrazole rings is 1. The molecule has 0 aliphatic heterocycles. The van der Waals surface area contributed by atoms with Crippen molar-refractivity contribution in [2.24, 2.45) is 5.10 Å². The summed E-state index contributed by atoms with van der Waals surface area (Å²) in [5.74, 6) is 1.35. The smallest absolute Gasteiger partial charge is 0.263 e. The minimum Gasteiger partial charge on any atom is -0.493 e. The van der Waals surface area contributed by atoms with Crippen LogP contribution in [0.25, 0.3) is 0 Å². The van der Waals surface area contributed by atoms with Gasteiger partial charge in [-0.2, -0.15) is 5.10 Å². The minimum atomic E-state index is 0.0377. The van der Waals surface area contributed by atoms with E-state index in [1.54, 1.807) is 19.4 Å². The van der Waals surface area contributed by atoms with E-state index in [0.717, 1.165) is 14.8 Å². The largest absolute Gasteiger partial charge is 0.493 e. The summed E-state index contributed by atoms with van der Waals surface area (Å²) in [4.78, 5) is 1.12. The van der Waals surface area contributed by atoms with Gasteiger partial charge in [0.2, 0.25) is 0 Å². The number of rotatable bonds is 5. The number of anilines is 1. The van der Waals surface area contributed by atoms with Gasteiger partial charge in [-0.25, -0.2) is 0 Å². The highest BCUT2D eigenvalue weighted by Gasteiger charge is 2.12. The van der Waals surface area contributed by atoms with Gasteiger partial charge in [0.25, 0.3) is 5.95 Å². The highest BCUT2D eigenvalue weighted by molar-refractivity contribution is 9.10. The van der Waals surface area contributed by atoms with Gasteiger partial charge in [-0.3, -0.25) is 0 Å². The second-order valence-corrected chi connectivity index (χ2v) is 5.23. The summed E-state index contributed by atoms with van der Waals surface area (Å²) in [7, 11) is 1.58. The lowest BCUT2D eigenvalue weighted by atomic mass is 10.2. The Morgan fingerprint density at radius 2 is 2.19 bits per heavy atom. The van der Waals surface area contributed by atoms with Crippen molar-refractivity contribution in [3.8, 4) is 11.5 Å². The Morgan fingerprint density at radius 1 is 1.43 bits per heavy atom. The Bertz CT molecular complexity index is 655. The number of aromatic nitrogens is 4. The van der Waals surface area contributed by atoms with Gasteiger partial charge in [0.1, 0.15) is 0 Å². The fourth-order valence-corrected chi connectivity index (χ4v) is 2.11. The Kier molecular flexibility index (Phi) is 4.73. The average molecular weight is 355 g/mol. The molecule has 1 aromatic heterocycles.